The predicted molar refractivity (Wildman–Crippen MR) is 64.4 cm³/mol. The minimum atomic E-state index is -0.762. The van der Waals surface area contributed by atoms with Crippen LogP contribution in [-0.4, -0.2) is 23.3 Å². The van der Waals surface area contributed by atoms with Crippen LogP contribution in [0.2, 0.25) is 0 Å². The molecule has 0 aromatic rings. The molecule has 0 unspecified atom stereocenters. The maximum atomic E-state index is 11.8. The molecule has 2 amide bonds. The van der Waals surface area contributed by atoms with Crippen LogP contribution < -0.4 is 16.8 Å². The summed E-state index contributed by atoms with van der Waals surface area (Å²) >= 11 is 4.85. The minimum Gasteiger partial charge on any atom is -0.392 e. The van der Waals surface area contributed by atoms with Crippen LogP contribution >= 0.6 is 12.2 Å². The quantitative estimate of drug-likeness (QED) is 0.576. The number of rotatable bonds is 5. The van der Waals surface area contributed by atoms with Crippen molar-refractivity contribution in [3.05, 3.63) is 0 Å². The van der Waals surface area contributed by atoms with Gasteiger partial charge in [0, 0.05) is 6.54 Å². The Hall–Kier alpha value is -1.17. The van der Waals surface area contributed by atoms with Gasteiger partial charge in [0.25, 0.3) is 0 Å². The van der Waals surface area contributed by atoms with E-state index in [4.69, 9.17) is 23.7 Å². The number of hydrogen-bond donors (Lipinski definition) is 3. The van der Waals surface area contributed by atoms with Crippen LogP contribution in [0.1, 0.15) is 26.7 Å². The van der Waals surface area contributed by atoms with Crippen LogP contribution in [0.25, 0.3) is 0 Å². The van der Waals surface area contributed by atoms with Crippen molar-refractivity contribution in [2.75, 3.05) is 6.54 Å². The first-order valence-electron chi connectivity index (χ1n) is 5.10. The van der Waals surface area contributed by atoms with Gasteiger partial charge < -0.3 is 16.8 Å². The minimum absolute atomic E-state index is 0.200. The summed E-state index contributed by atoms with van der Waals surface area (Å²) in [6, 6.07) is 0. The van der Waals surface area contributed by atoms with Crippen LogP contribution in [0, 0.1) is 10.8 Å². The van der Waals surface area contributed by atoms with Crippen molar-refractivity contribution < 1.29 is 9.59 Å². The molecular formula is C10H17N3O2S. The van der Waals surface area contributed by atoms with Gasteiger partial charge in [0.2, 0.25) is 11.8 Å². The molecule has 90 valence electrons. The van der Waals surface area contributed by atoms with Crippen LogP contribution in [0.4, 0.5) is 0 Å². The molecule has 5 N–H and O–H groups in total. The molecular weight excluding hydrogens is 226 g/mol. The van der Waals surface area contributed by atoms with Crippen molar-refractivity contribution in [2.24, 2.45) is 22.3 Å². The summed E-state index contributed by atoms with van der Waals surface area (Å²) in [6.07, 6.45) is 1.37. The molecule has 0 aliphatic heterocycles. The van der Waals surface area contributed by atoms with E-state index in [0.717, 1.165) is 0 Å². The molecule has 0 aromatic heterocycles. The number of nitrogens with two attached hydrogens (primary N) is 2. The molecule has 1 rings (SSSR count). The number of carbonyl (C=O) groups is 2. The second-order valence-electron chi connectivity index (χ2n) is 4.88. The third-order valence-electron chi connectivity index (χ3n) is 3.01. The fourth-order valence-corrected chi connectivity index (χ4v) is 1.56. The first-order chi connectivity index (χ1) is 7.22. The molecule has 5 nitrogen and oxygen atoms in total. The van der Waals surface area contributed by atoms with Gasteiger partial charge in [0.15, 0.2) is 0 Å². The Bertz CT molecular complexity index is 348. The Balaban J connectivity index is 2.55. The van der Waals surface area contributed by atoms with Crippen molar-refractivity contribution in [3.8, 4) is 0 Å². The van der Waals surface area contributed by atoms with E-state index >= 15 is 0 Å². The first kappa shape index (κ1) is 12.9. The predicted octanol–water partition coefficient (Wildman–Crippen LogP) is -0.320. The standard InChI is InChI=1S/C10H17N3O2S/c1-9(2,6(11)14)5-13-8(15)10(3-4-10)7(12)16/h3-5H2,1-2H3,(H2,11,14)(H2,12,16)(H,13,15). The van der Waals surface area contributed by atoms with Gasteiger partial charge in [0.05, 0.1) is 15.8 Å². The number of nitrogens with one attached hydrogen (secondary N) is 1. The van der Waals surface area contributed by atoms with E-state index in [-0.39, 0.29) is 17.4 Å². The summed E-state index contributed by atoms with van der Waals surface area (Å²) in [5.41, 5.74) is 9.27. The fraction of sp³-hybridized carbons (Fsp3) is 0.700. The van der Waals surface area contributed by atoms with Crippen molar-refractivity contribution in [3.63, 3.8) is 0 Å². The molecule has 1 aliphatic carbocycles. The summed E-state index contributed by atoms with van der Waals surface area (Å²) < 4.78 is 0. The average molecular weight is 243 g/mol. The lowest BCUT2D eigenvalue weighted by Crippen LogP contribution is -2.46. The van der Waals surface area contributed by atoms with E-state index in [1.165, 1.54) is 0 Å². The smallest absolute Gasteiger partial charge is 0.233 e. The van der Waals surface area contributed by atoms with Crippen molar-refractivity contribution in [1.82, 2.24) is 5.32 Å². The summed E-state index contributed by atoms with van der Waals surface area (Å²) in [6.45, 7) is 3.55. The highest BCUT2D eigenvalue weighted by molar-refractivity contribution is 7.80. The second kappa shape index (κ2) is 4.01. The van der Waals surface area contributed by atoms with E-state index < -0.39 is 16.7 Å². The zero-order valence-electron chi connectivity index (χ0n) is 9.50. The molecule has 0 heterocycles. The lowest BCUT2D eigenvalue weighted by Gasteiger charge is -2.22. The largest absolute Gasteiger partial charge is 0.392 e. The van der Waals surface area contributed by atoms with Crippen LogP contribution in [0.5, 0.6) is 0 Å². The zero-order chi connectivity index (χ0) is 12.6. The molecule has 0 radical (unpaired) electrons. The Morgan fingerprint density at radius 1 is 1.38 bits per heavy atom. The van der Waals surface area contributed by atoms with E-state index in [9.17, 15) is 9.59 Å². The molecule has 0 atom stereocenters. The lowest BCUT2D eigenvalue weighted by atomic mass is 9.92. The maximum Gasteiger partial charge on any atom is 0.233 e. The topological polar surface area (TPSA) is 98.2 Å². The monoisotopic (exact) mass is 243 g/mol. The zero-order valence-corrected chi connectivity index (χ0v) is 10.3. The van der Waals surface area contributed by atoms with Crippen LogP contribution in [-0.2, 0) is 9.59 Å². The van der Waals surface area contributed by atoms with Crippen molar-refractivity contribution >= 4 is 29.0 Å². The highest BCUT2D eigenvalue weighted by atomic mass is 32.1. The van der Waals surface area contributed by atoms with Gasteiger partial charge >= 0.3 is 0 Å². The molecule has 0 bridgehead atoms. The Morgan fingerprint density at radius 2 is 1.88 bits per heavy atom. The van der Waals surface area contributed by atoms with Gasteiger partial charge in [-0.1, -0.05) is 12.2 Å². The highest BCUT2D eigenvalue weighted by Crippen LogP contribution is 2.46. The summed E-state index contributed by atoms with van der Waals surface area (Å²) in [4.78, 5) is 23.1. The molecule has 6 heteroatoms. The summed E-state index contributed by atoms with van der Waals surface area (Å²) in [5, 5.41) is 2.68. The molecule has 1 saturated carbocycles. The van der Waals surface area contributed by atoms with Gasteiger partial charge in [-0.2, -0.15) is 0 Å². The number of hydrogen-bond acceptors (Lipinski definition) is 3. The number of amides is 2. The fourth-order valence-electron chi connectivity index (χ4n) is 1.27. The summed E-state index contributed by atoms with van der Waals surface area (Å²) in [7, 11) is 0. The average Bonchev–Trinajstić information content (AvgIpc) is 2.94. The molecule has 0 spiro atoms. The third-order valence-corrected chi connectivity index (χ3v) is 3.40. The lowest BCUT2D eigenvalue weighted by molar-refractivity contribution is -0.127. The van der Waals surface area contributed by atoms with Crippen molar-refractivity contribution in [2.45, 2.75) is 26.7 Å². The molecule has 16 heavy (non-hydrogen) atoms. The van der Waals surface area contributed by atoms with Gasteiger partial charge in [-0.25, -0.2) is 0 Å². The SMILES string of the molecule is CC(C)(CNC(=O)C1(C(N)=S)CC1)C(N)=O. The van der Waals surface area contributed by atoms with E-state index in [0.29, 0.717) is 12.8 Å². The molecule has 1 fully saturated rings. The molecule has 0 saturated heterocycles. The first-order valence-corrected chi connectivity index (χ1v) is 5.51. The Morgan fingerprint density at radius 3 is 2.19 bits per heavy atom. The van der Waals surface area contributed by atoms with Gasteiger partial charge in [0.1, 0.15) is 0 Å². The highest BCUT2D eigenvalue weighted by Gasteiger charge is 2.52. The molecule has 1 aliphatic rings. The summed E-state index contributed by atoms with van der Waals surface area (Å²) in [5.74, 6) is -0.651. The Kier molecular flexibility index (Phi) is 3.23. The Labute approximate surface area is 99.9 Å². The van der Waals surface area contributed by atoms with Crippen LogP contribution in [0.15, 0.2) is 0 Å². The molecule has 0 aromatic carbocycles. The second-order valence-corrected chi connectivity index (χ2v) is 5.32. The van der Waals surface area contributed by atoms with Crippen LogP contribution in [0.3, 0.4) is 0 Å². The van der Waals surface area contributed by atoms with E-state index in [2.05, 4.69) is 5.32 Å². The third kappa shape index (κ3) is 2.32. The normalized spacial score (nSPS) is 17.6. The van der Waals surface area contributed by atoms with Crippen molar-refractivity contribution in [1.29, 1.82) is 0 Å². The number of carbonyl (C=O) groups excluding carboxylic acids is 2. The number of thiocarbonyl (C=S) groups is 1. The maximum absolute atomic E-state index is 11.8. The van der Waals surface area contributed by atoms with E-state index in [1.54, 1.807) is 13.8 Å². The van der Waals surface area contributed by atoms with Gasteiger partial charge in [-0.15, -0.1) is 0 Å². The van der Waals surface area contributed by atoms with Gasteiger partial charge in [-0.05, 0) is 26.7 Å². The number of primary amides is 1. The van der Waals surface area contributed by atoms with E-state index in [1.807, 2.05) is 0 Å². The van der Waals surface area contributed by atoms with Gasteiger partial charge in [-0.3, -0.25) is 9.59 Å².